The number of hydrogen-bond donors (Lipinski definition) is 3. The minimum Gasteiger partial charge on any atom is -0.453 e. The SMILES string of the molecule is CBN1CCC[C@H]1c1ncc(-c2ccc(-c3ccc4c(c3)C(F)(F)c3cc(-c5cnc([C@@H]6CCCN6C(=O)C(NC(=O)OC)C(C)C)[nH]5)ccc3-4)cc2)[nH]1. The van der Waals surface area contributed by atoms with Crippen LogP contribution in [0.2, 0.25) is 6.82 Å². The third kappa shape index (κ3) is 6.27. The van der Waals surface area contributed by atoms with E-state index < -0.39 is 18.1 Å². The monoisotopic (exact) mass is 731 g/mol. The van der Waals surface area contributed by atoms with E-state index in [2.05, 4.69) is 36.9 Å². The first-order valence-corrected chi connectivity index (χ1v) is 18.8. The molecule has 8 rings (SSSR count). The van der Waals surface area contributed by atoms with E-state index >= 15 is 8.78 Å². The van der Waals surface area contributed by atoms with E-state index in [4.69, 9.17) is 4.74 Å². The van der Waals surface area contributed by atoms with Gasteiger partial charge in [-0.05, 0) is 78.1 Å². The molecule has 2 aliphatic heterocycles. The lowest BCUT2D eigenvalue weighted by Crippen LogP contribution is -2.51. The molecule has 13 heteroatoms. The van der Waals surface area contributed by atoms with E-state index in [1.807, 2.05) is 56.4 Å². The Morgan fingerprint density at radius 3 is 2.04 bits per heavy atom. The second kappa shape index (κ2) is 14.2. The zero-order chi connectivity index (χ0) is 37.7. The van der Waals surface area contributed by atoms with Crippen LogP contribution >= 0.6 is 0 Å². The van der Waals surface area contributed by atoms with Crippen molar-refractivity contribution in [3.8, 4) is 44.8 Å². The summed E-state index contributed by atoms with van der Waals surface area (Å²) in [5, 5.41) is 2.66. The average molecular weight is 732 g/mol. The van der Waals surface area contributed by atoms with Crippen LogP contribution in [0, 0.1) is 5.92 Å². The first kappa shape index (κ1) is 35.7. The molecule has 0 radical (unpaired) electrons. The summed E-state index contributed by atoms with van der Waals surface area (Å²) < 4.78 is 37.4. The number of aromatic nitrogens is 4. The Morgan fingerprint density at radius 2 is 1.39 bits per heavy atom. The zero-order valence-corrected chi connectivity index (χ0v) is 31.0. The number of nitrogens with one attached hydrogen (secondary N) is 3. The van der Waals surface area contributed by atoms with Crippen molar-refractivity contribution in [3.63, 3.8) is 0 Å². The number of H-pyrrole nitrogens is 2. The molecule has 3 atom stereocenters. The quantitative estimate of drug-likeness (QED) is 0.133. The van der Waals surface area contributed by atoms with Crippen molar-refractivity contribution in [2.75, 3.05) is 20.2 Å². The molecule has 0 bridgehead atoms. The van der Waals surface area contributed by atoms with E-state index in [0.717, 1.165) is 55.0 Å². The first-order valence-electron chi connectivity index (χ1n) is 18.8. The number of aromatic amines is 2. The molecular formula is C41H44BF2N7O3. The first-order chi connectivity index (χ1) is 26.1. The Hall–Kier alpha value is -5.30. The van der Waals surface area contributed by atoms with E-state index in [1.54, 1.807) is 29.3 Å². The zero-order valence-electron chi connectivity index (χ0n) is 31.0. The van der Waals surface area contributed by atoms with Crippen LogP contribution < -0.4 is 5.32 Å². The van der Waals surface area contributed by atoms with Crippen molar-refractivity contribution in [2.24, 2.45) is 5.92 Å². The number of alkyl carbamates (subject to hydrolysis) is 1. The fourth-order valence-electron chi connectivity index (χ4n) is 8.42. The van der Waals surface area contributed by atoms with E-state index in [9.17, 15) is 9.59 Å². The topological polar surface area (TPSA) is 119 Å². The molecule has 3 aromatic carbocycles. The molecule has 5 aromatic rings. The lowest BCUT2D eigenvalue weighted by Gasteiger charge is -2.30. The minimum atomic E-state index is -3.20. The number of halogens is 2. The normalized spacial score (nSPS) is 19.5. The Kier molecular flexibility index (Phi) is 9.37. The molecule has 4 heterocycles. The number of likely N-dealkylation sites (tertiary alicyclic amines) is 1. The van der Waals surface area contributed by atoms with Gasteiger partial charge in [0.05, 0.1) is 43.0 Å². The van der Waals surface area contributed by atoms with E-state index in [-0.39, 0.29) is 29.0 Å². The largest absolute Gasteiger partial charge is 0.453 e. The predicted octanol–water partition coefficient (Wildman–Crippen LogP) is 7.83. The second-order valence-electron chi connectivity index (χ2n) is 14.9. The fourth-order valence-corrected chi connectivity index (χ4v) is 8.42. The molecule has 3 N–H and O–H groups in total. The Labute approximate surface area is 314 Å². The number of nitrogens with zero attached hydrogens (tertiary/aromatic N) is 4. The predicted molar refractivity (Wildman–Crippen MR) is 205 cm³/mol. The van der Waals surface area contributed by atoms with Crippen LogP contribution in [0.25, 0.3) is 44.8 Å². The lowest BCUT2D eigenvalue weighted by atomic mass is 9.94. The van der Waals surface area contributed by atoms with Gasteiger partial charge >= 0.3 is 6.09 Å². The van der Waals surface area contributed by atoms with Gasteiger partial charge in [-0.1, -0.05) is 69.2 Å². The summed E-state index contributed by atoms with van der Waals surface area (Å²) in [6, 6.07) is 17.6. The van der Waals surface area contributed by atoms with Gasteiger partial charge in [-0.2, -0.15) is 8.78 Å². The van der Waals surface area contributed by atoms with Gasteiger partial charge in [0.2, 0.25) is 13.3 Å². The van der Waals surface area contributed by atoms with Crippen molar-refractivity contribution in [3.05, 3.63) is 95.8 Å². The van der Waals surface area contributed by atoms with Crippen LogP contribution in [0.3, 0.4) is 0 Å². The van der Waals surface area contributed by atoms with Gasteiger partial charge in [0.25, 0.3) is 5.92 Å². The molecule has 2 fully saturated rings. The Bertz CT molecular complexity index is 2200. The van der Waals surface area contributed by atoms with Crippen LogP contribution in [-0.4, -0.2) is 75.3 Å². The van der Waals surface area contributed by atoms with Crippen LogP contribution in [0.15, 0.2) is 73.1 Å². The molecule has 10 nitrogen and oxygen atoms in total. The maximum Gasteiger partial charge on any atom is 0.407 e. The van der Waals surface area contributed by atoms with Crippen molar-refractivity contribution in [1.82, 2.24) is 35.0 Å². The van der Waals surface area contributed by atoms with Gasteiger partial charge in [-0.15, -0.1) is 0 Å². The number of alkyl halides is 2. The highest BCUT2D eigenvalue weighted by molar-refractivity contribution is 6.30. The van der Waals surface area contributed by atoms with E-state index in [0.29, 0.717) is 47.2 Å². The van der Waals surface area contributed by atoms with Gasteiger partial charge in [0.15, 0.2) is 0 Å². The third-order valence-corrected chi connectivity index (χ3v) is 11.4. The summed E-state index contributed by atoms with van der Waals surface area (Å²) in [6.07, 6.45) is 6.57. The fraction of sp³-hybridized carbons (Fsp3) is 0.366. The standard InChI is InChI=1S/C41H44BF2N7O3/c1-23(2)36(49-40(53)54-4)39(52)50-17-5-7-34(50)37-45-22-33(48-37)27-14-16-29-28-15-13-26(19-30(28)41(43,44)31(29)20-27)24-9-11-25(12-10-24)32-21-46-38(47-32)35-8-6-18-51(35)42-3/h9-16,19-23,34-36,42H,5-8,17-18H2,1-4H3,(H,45,48)(H,46,47)(H,49,53)/t34-,35-,36?/m0/s1. The highest BCUT2D eigenvalue weighted by atomic mass is 19.3. The molecule has 0 saturated carbocycles. The molecule has 54 heavy (non-hydrogen) atoms. The number of hydrogen-bond acceptors (Lipinski definition) is 6. The number of carbonyl (C=O) groups excluding carboxylic acids is 2. The Morgan fingerprint density at radius 1 is 0.833 bits per heavy atom. The molecule has 1 aliphatic carbocycles. The smallest absolute Gasteiger partial charge is 0.407 e. The van der Waals surface area contributed by atoms with Crippen molar-refractivity contribution < 1.29 is 23.1 Å². The minimum absolute atomic E-state index is 0.0165. The summed E-state index contributed by atoms with van der Waals surface area (Å²) >= 11 is 0. The molecule has 2 amide bonds. The summed E-state index contributed by atoms with van der Waals surface area (Å²) in [5.74, 6) is -2.01. The number of amides is 2. The number of carbonyl (C=O) groups is 2. The highest BCUT2D eigenvalue weighted by Crippen LogP contribution is 2.52. The van der Waals surface area contributed by atoms with Gasteiger partial charge < -0.3 is 29.7 Å². The molecule has 3 aliphatic rings. The van der Waals surface area contributed by atoms with Crippen LogP contribution in [0.4, 0.5) is 13.6 Å². The van der Waals surface area contributed by atoms with Crippen molar-refractivity contribution in [1.29, 1.82) is 0 Å². The maximum atomic E-state index is 16.3. The number of ether oxygens (including phenoxy) is 1. The van der Waals surface area contributed by atoms with Gasteiger partial charge in [0, 0.05) is 23.2 Å². The summed E-state index contributed by atoms with van der Waals surface area (Å²) in [7, 11) is 2.26. The number of methoxy groups -OCH3 is 1. The molecular weight excluding hydrogens is 687 g/mol. The van der Waals surface area contributed by atoms with Gasteiger partial charge in [-0.25, -0.2) is 14.8 Å². The molecule has 2 aromatic heterocycles. The number of fused-ring (bicyclic) bond motifs is 3. The van der Waals surface area contributed by atoms with Crippen LogP contribution in [-0.2, 0) is 15.5 Å². The third-order valence-electron chi connectivity index (χ3n) is 11.4. The van der Waals surface area contributed by atoms with Crippen LogP contribution in [0.5, 0.6) is 0 Å². The van der Waals surface area contributed by atoms with Crippen LogP contribution in [0.1, 0.15) is 74.4 Å². The number of rotatable bonds is 9. The highest BCUT2D eigenvalue weighted by Gasteiger charge is 2.45. The summed E-state index contributed by atoms with van der Waals surface area (Å²) in [5.41, 5.74) is 5.63. The lowest BCUT2D eigenvalue weighted by molar-refractivity contribution is -0.135. The molecule has 278 valence electrons. The number of benzene rings is 3. The second-order valence-corrected chi connectivity index (χ2v) is 14.9. The molecule has 2 saturated heterocycles. The summed E-state index contributed by atoms with van der Waals surface area (Å²) in [6.45, 7) is 7.51. The summed E-state index contributed by atoms with van der Waals surface area (Å²) in [4.78, 5) is 45.8. The van der Waals surface area contributed by atoms with Crippen molar-refractivity contribution >= 4 is 19.4 Å². The molecule has 1 unspecified atom stereocenters. The maximum absolute atomic E-state index is 16.3. The molecule has 0 spiro atoms. The van der Waals surface area contributed by atoms with Crippen molar-refractivity contribution in [2.45, 2.75) is 70.4 Å². The number of imidazole rings is 2. The Balaban J connectivity index is 1.00. The van der Waals surface area contributed by atoms with Gasteiger partial charge in [-0.3, -0.25) is 4.79 Å². The average Bonchev–Trinajstić information content (AvgIpc) is 4.04. The van der Waals surface area contributed by atoms with Gasteiger partial charge in [0.1, 0.15) is 17.7 Å². The van der Waals surface area contributed by atoms with E-state index in [1.165, 1.54) is 19.6 Å².